The summed E-state index contributed by atoms with van der Waals surface area (Å²) in [6.07, 6.45) is 2.27. The summed E-state index contributed by atoms with van der Waals surface area (Å²) in [5, 5.41) is 16.4. The number of nitrogens with one attached hydrogen (secondary N) is 2. The molecule has 0 aromatic carbocycles. The normalized spacial score (nSPS) is 14.4. The summed E-state index contributed by atoms with van der Waals surface area (Å²) in [5.74, 6) is 2.02. The van der Waals surface area contributed by atoms with Gasteiger partial charge in [0.05, 0.1) is 5.60 Å². The van der Waals surface area contributed by atoms with Crippen molar-refractivity contribution in [2.75, 3.05) is 24.2 Å². The molecule has 0 radical (unpaired) electrons. The van der Waals surface area contributed by atoms with Gasteiger partial charge in [0.25, 0.3) is 0 Å². The van der Waals surface area contributed by atoms with Crippen LogP contribution in [0.5, 0.6) is 0 Å². The Labute approximate surface area is 109 Å². The van der Waals surface area contributed by atoms with Crippen LogP contribution in [0.15, 0.2) is 6.33 Å². The summed E-state index contributed by atoms with van der Waals surface area (Å²) in [5.41, 5.74) is 0.228. The fourth-order valence-electron chi connectivity index (χ4n) is 2.11. The molecule has 1 unspecified atom stereocenters. The molecule has 1 atom stereocenters. The summed E-state index contributed by atoms with van der Waals surface area (Å²) in [4.78, 5) is 8.32. The minimum Gasteiger partial charge on any atom is -0.388 e. The van der Waals surface area contributed by atoms with Gasteiger partial charge in [0.2, 0.25) is 0 Å². The molecule has 102 valence electrons. The number of aromatic nitrogens is 2. The topological polar surface area (TPSA) is 70.1 Å². The summed E-state index contributed by atoms with van der Waals surface area (Å²) < 4.78 is 0. The first-order valence-electron chi connectivity index (χ1n) is 6.31. The smallest absolute Gasteiger partial charge is 0.134 e. The van der Waals surface area contributed by atoms with E-state index in [1.54, 1.807) is 0 Å². The summed E-state index contributed by atoms with van der Waals surface area (Å²) in [7, 11) is 1.83. The number of hydrogen-bond acceptors (Lipinski definition) is 5. The van der Waals surface area contributed by atoms with E-state index in [2.05, 4.69) is 34.4 Å². The van der Waals surface area contributed by atoms with E-state index in [1.807, 2.05) is 20.9 Å². The van der Waals surface area contributed by atoms with Crippen molar-refractivity contribution in [3.05, 3.63) is 11.9 Å². The van der Waals surface area contributed by atoms with E-state index in [9.17, 15) is 5.11 Å². The highest BCUT2D eigenvalue weighted by Crippen LogP contribution is 2.20. The Morgan fingerprint density at radius 3 is 2.50 bits per heavy atom. The van der Waals surface area contributed by atoms with Crippen molar-refractivity contribution < 1.29 is 5.11 Å². The molecule has 0 fully saturated rings. The Morgan fingerprint density at radius 2 is 1.94 bits per heavy atom. The van der Waals surface area contributed by atoms with E-state index in [1.165, 1.54) is 6.33 Å². The van der Waals surface area contributed by atoms with Crippen molar-refractivity contribution in [1.29, 1.82) is 0 Å². The first-order chi connectivity index (χ1) is 8.35. The number of rotatable bonds is 6. The van der Waals surface area contributed by atoms with Crippen LogP contribution >= 0.6 is 0 Å². The zero-order chi connectivity index (χ0) is 13.8. The van der Waals surface area contributed by atoms with E-state index in [-0.39, 0.29) is 0 Å². The molecule has 0 bridgehead atoms. The largest absolute Gasteiger partial charge is 0.388 e. The van der Waals surface area contributed by atoms with Gasteiger partial charge in [0.1, 0.15) is 18.0 Å². The van der Waals surface area contributed by atoms with E-state index in [4.69, 9.17) is 0 Å². The van der Waals surface area contributed by atoms with Crippen LogP contribution in [0.1, 0.15) is 32.8 Å². The SMILES string of the molecule is CNc1ncnc(NCC(C)(O)CC(C)C)c1C. The second kappa shape index (κ2) is 6.00. The molecule has 0 saturated heterocycles. The van der Waals surface area contributed by atoms with Crippen molar-refractivity contribution in [2.24, 2.45) is 5.92 Å². The lowest BCUT2D eigenvalue weighted by molar-refractivity contribution is 0.0514. The maximum atomic E-state index is 10.2. The lowest BCUT2D eigenvalue weighted by atomic mass is 9.94. The van der Waals surface area contributed by atoms with E-state index in [0.717, 1.165) is 23.6 Å². The molecule has 1 aromatic rings. The van der Waals surface area contributed by atoms with Crippen molar-refractivity contribution in [3.8, 4) is 0 Å². The summed E-state index contributed by atoms with van der Waals surface area (Å²) in [6, 6.07) is 0. The molecule has 3 N–H and O–H groups in total. The number of hydrogen-bond donors (Lipinski definition) is 3. The molecule has 1 heterocycles. The standard InChI is InChI=1S/C13H24N4O/c1-9(2)6-13(4,18)7-15-12-10(3)11(14-5)16-8-17-12/h8-9,18H,6-7H2,1-5H3,(H2,14,15,16,17). The fourth-order valence-corrected chi connectivity index (χ4v) is 2.11. The average Bonchev–Trinajstić information content (AvgIpc) is 2.26. The third-order valence-corrected chi connectivity index (χ3v) is 2.81. The summed E-state index contributed by atoms with van der Waals surface area (Å²) in [6.45, 7) is 8.47. The zero-order valence-corrected chi connectivity index (χ0v) is 11.9. The van der Waals surface area contributed by atoms with Crippen molar-refractivity contribution >= 4 is 11.6 Å². The van der Waals surface area contributed by atoms with Crippen LogP contribution in [0.2, 0.25) is 0 Å². The highest BCUT2D eigenvalue weighted by atomic mass is 16.3. The predicted octanol–water partition coefficient (Wildman–Crippen LogP) is 2.04. The quantitative estimate of drug-likeness (QED) is 0.722. The second-order valence-corrected chi connectivity index (χ2v) is 5.39. The molecule has 18 heavy (non-hydrogen) atoms. The molecule has 0 saturated carbocycles. The molecular formula is C13H24N4O. The van der Waals surface area contributed by atoms with Crippen LogP contribution in [-0.4, -0.2) is 34.3 Å². The Morgan fingerprint density at radius 1 is 1.33 bits per heavy atom. The van der Waals surface area contributed by atoms with Gasteiger partial charge in [-0.2, -0.15) is 0 Å². The lowest BCUT2D eigenvalue weighted by Crippen LogP contribution is -2.35. The van der Waals surface area contributed by atoms with Gasteiger partial charge in [-0.15, -0.1) is 0 Å². The van der Waals surface area contributed by atoms with Crippen LogP contribution < -0.4 is 10.6 Å². The second-order valence-electron chi connectivity index (χ2n) is 5.39. The van der Waals surface area contributed by atoms with Gasteiger partial charge in [-0.3, -0.25) is 0 Å². The highest BCUT2D eigenvalue weighted by Gasteiger charge is 2.22. The van der Waals surface area contributed by atoms with Gasteiger partial charge < -0.3 is 15.7 Å². The Balaban J connectivity index is 2.69. The molecule has 0 aliphatic rings. The van der Waals surface area contributed by atoms with Gasteiger partial charge in [-0.05, 0) is 26.2 Å². The fraction of sp³-hybridized carbons (Fsp3) is 0.692. The van der Waals surface area contributed by atoms with E-state index >= 15 is 0 Å². The van der Waals surface area contributed by atoms with Crippen LogP contribution in [0.25, 0.3) is 0 Å². The highest BCUT2D eigenvalue weighted by molar-refractivity contribution is 5.56. The summed E-state index contributed by atoms with van der Waals surface area (Å²) >= 11 is 0. The Bertz CT molecular complexity index is 391. The Kier molecular flexibility index (Phi) is 4.90. The minimum atomic E-state index is -0.731. The zero-order valence-electron chi connectivity index (χ0n) is 11.9. The van der Waals surface area contributed by atoms with E-state index < -0.39 is 5.60 Å². The monoisotopic (exact) mass is 252 g/mol. The van der Waals surface area contributed by atoms with Crippen LogP contribution in [-0.2, 0) is 0 Å². The third-order valence-electron chi connectivity index (χ3n) is 2.81. The molecule has 1 aromatic heterocycles. The maximum Gasteiger partial charge on any atom is 0.134 e. The number of anilines is 2. The average molecular weight is 252 g/mol. The van der Waals surface area contributed by atoms with Gasteiger partial charge in [-0.25, -0.2) is 9.97 Å². The Hall–Kier alpha value is -1.36. The maximum absolute atomic E-state index is 10.2. The molecule has 0 amide bonds. The van der Waals surface area contributed by atoms with E-state index in [0.29, 0.717) is 12.5 Å². The van der Waals surface area contributed by atoms with Gasteiger partial charge in [-0.1, -0.05) is 13.8 Å². The molecule has 5 heteroatoms. The number of nitrogens with zero attached hydrogens (tertiary/aromatic N) is 2. The first kappa shape index (κ1) is 14.7. The van der Waals surface area contributed by atoms with Crippen molar-refractivity contribution in [1.82, 2.24) is 9.97 Å². The lowest BCUT2D eigenvalue weighted by Gasteiger charge is -2.26. The molecular weight excluding hydrogens is 228 g/mol. The van der Waals surface area contributed by atoms with Crippen molar-refractivity contribution in [2.45, 2.75) is 39.7 Å². The molecule has 0 spiro atoms. The molecule has 5 nitrogen and oxygen atoms in total. The van der Waals surface area contributed by atoms with Crippen LogP contribution in [0.4, 0.5) is 11.6 Å². The molecule has 1 rings (SSSR count). The minimum absolute atomic E-state index is 0.459. The van der Waals surface area contributed by atoms with Crippen molar-refractivity contribution in [3.63, 3.8) is 0 Å². The van der Waals surface area contributed by atoms with Gasteiger partial charge in [0, 0.05) is 19.2 Å². The molecule has 0 aliphatic heterocycles. The van der Waals surface area contributed by atoms with Crippen LogP contribution in [0.3, 0.4) is 0 Å². The van der Waals surface area contributed by atoms with Gasteiger partial charge in [0.15, 0.2) is 0 Å². The van der Waals surface area contributed by atoms with Gasteiger partial charge >= 0.3 is 0 Å². The van der Waals surface area contributed by atoms with Crippen LogP contribution in [0, 0.1) is 12.8 Å². The predicted molar refractivity (Wildman–Crippen MR) is 74.9 cm³/mol. The third kappa shape index (κ3) is 4.14. The molecule has 0 aliphatic carbocycles. The number of aliphatic hydroxyl groups is 1. The first-order valence-corrected chi connectivity index (χ1v) is 6.31.